The summed E-state index contributed by atoms with van der Waals surface area (Å²) in [6.07, 6.45) is 4.31. The van der Waals surface area contributed by atoms with Crippen LogP contribution in [0, 0.1) is 0 Å². The molecule has 0 bridgehead atoms. The number of aromatic nitrogens is 2. The lowest BCUT2D eigenvalue weighted by Crippen LogP contribution is -2.47. The first-order chi connectivity index (χ1) is 10.7. The maximum Gasteiger partial charge on any atom is 0.239 e. The molecule has 1 aromatic heterocycles. The number of carbonyl (C=O) groups excluding carboxylic acids is 1. The van der Waals surface area contributed by atoms with Gasteiger partial charge in [-0.25, -0.2) is 0 Å². The Morgan fingerprint density at radius 3 is 2.64 bits per heavy atom. The van der Waals surface area contributed by atoms with Crippen LogP contribution in [0.2, 0.25) is 0 Å². The summed E-state index contributed by atoms with van der Waals surface area (Å²) in [7, 11) is 0. The van der Waals surface area contributed by atoms with Gasteiger partial charge in [-0.15, -0.1) is 0 Å². The number of nitrogens with one attached hydrogen (secondary N) is 1. The van der Waals surface area contributed by atoms with Crippen molar-refractivity contribution in [3.63, 3.8) is 0 Å². The standard InChI is InChI=1S/C17H22N4O/c18-15(12-13-4-2-1-3-5-13)17(22)21-10-7-14(8-11-21)16-6-9-19-20-16/h1-6,9,14-15H,7-8,10-12,18H2,(H,19,20). The van der Waals surface area contributed by atoms with Gasteiger partial charge in [-0.1, -0.05) is 30.3 Å². The van der Waals surface area contributed by atoms with Crippen molar-refractivity contribution in [3.8, 4) is 0 Å². The number of benzene rings is 1. The van der Waals surface area contributed by atoms with Gasteiger partial charge in [-0.3, -0.25) is 9.89 Å². The minimum absolute atomic E-state index is 0.0620. The number of amides is 1. The Morgan fingerprint density at radius 2 is 2.00 bits per heavy atom. The maximum atomic E-state index is 12.5. The summed E-state index contributed by atoms with van der Waals surface area (Å²) in [6, 6.07) is 11.5. The molecule has 0 spiro atoms. The molecule has 1 aromatic carbocycles. The Bertz CT molecular complexity index is 588. The average Bonchev–Trinajstić information content (AvgIpc) is 3.10. The molecular formula is C17H22N4O. The van der Waals surface area contributed by atoms with E-state index in [-0.39, 0.29) is 5.91 Å². The maximum absolute atomic E-state index is 12.5. The topological polar surface area (TPSA) is 75.0 Å². The number of nitrogens with zero attached hydrogens (tertiary/aromatic N) is 2. The van der Waals surface area contributed by atoms with E-state index in [9.17, 15) is 4.79 Å². The SMILES string of the molecule is NC(Cc1ccccc1)C(=O)N1CCC(c2ccn[nH]2)CC1. The zero-order chi connectivity index (χ0) is 15.4. The fourth-order valence-electron chi connectivity index (χ4n) is 3.09. The second kappa shape index (κ2) is 6.75. The van der Waals surface area contributed by atoms with Gasteiger partial charge < -0.3 is 10.6 Å². The quantitative estimate of drug-likeness (QED) is 0.902. The monoisotopic (exact) mass is 298 g/mol. The van der Waals surface area contributed by atoms with Gasteiger partial charge in [0.1, 0.15) is 0 Å². The normalized spacial score (nSPS) is 17.4. The van der Waals surface area contributed by atoms with Crippen LogP contribution in [0.25, 0.3) is 0 Å². The molecule has 0 radical (unpaired) electrons. The predicted molar refractivity (Wildman–Crippen MR) is 85.3 cm³/mol. The van der Waals surface area contributed by atoms with Gasteiger partial charge in [0.15, 0.2) is 0 Å². The van der Waals surface area contributed by atoms with Crippen LogP contribution >= 0.6 is 0 Å². The molecule has 3 N–H and O–H groups in total. The molecule has 1 aliphatic heterocycles. The van der Waals surface area contributed by atoms with Crippen LogP contribution in [0.3, 0.4) is 0 Å². The number of piperidine rings is 1. The number of likely N-dealkylation sites (tertiary alicyclic amines) is 1. The molecule has 1 atom stereocenters. The average molecular weight is 298 g/mol. The highest BCUT2D eigenvalue weighted by molar-refractivity contribution is 5.82. The number of rotatable bonds is 4. The third-order valence-electron chi connectivity index (χ3n) is 4.38. The molecule has 1 fully saturated rings. The van der Waals surface area contributed by atoms with Crippen molar-refractivity contribution < 1.29 is 4.79 Å². The number of hydrogen-bond donors (Lipinski definition) is 2. The summed E-state index contributed by atoms with van der Waals surface area (Å²) in [5, 5.41) is 7.03. The van der Waals surface area contributed by atoms with Crippen LogP contribution in [-0.4, -0.2) is 40.1 Å². The van der Waals surface area contributed by atoms with Gasteiger partial charge in [-0.2, -0.15) is 5.10 Å². The first-order valence-corrected chi connectivity index (χ1v) is 7.81. The highest BCUT2D eigenvalue weighted by Crippen LogP contribution is 2.26. The molecule has 1 aliphatic rings. The second-order valence-electron chi connectivity index (χ2n) is 5.91. The summed E-state index contributed by atoms with van der Waals surface area (Å²) in [5.41, 5.74) is 8.38. The predicted octanol–water partition coefficient (Wildman–Crippen LogP) is 1.69. The van der Waals surface area contributed by atoms with E-state index < -0.39 is 6.04 Å². The lowest BCUT2D eigenvalue weighted by atomic mass is 9.93. The van der Waals surface area contributed by atoms with Crippen LogP contribution in [0.1, 0.15) is 30.0 Å². The van der Waals surface area contributed by atoms with Crippen molar-refractivity contribution in [1.82, 2.24) is 15.1 Å². The third-order valence-corrected chi connectivity index (χ3v) is 4.38. The highest BCUT2D eigenvalue weighted by atomic mass is 16.2. The van der Waals surface area contributed by atoms with E-state index in [1.54, 1.807) is 6.20 Å². The van der Waals surface area contributed by atoms with Gasteiger partial charge in [0.2, 0.25) is 5.91 Å². The van der Waals surface area contributed by atoms with Gasteiger partial charge in [0, 0.05) is 30.9 Å². The minimum atomic E-state index is -0.453. The van der Waals surface area contributed by atoms with Crippen LogP contribution in [0.4, 0.5) is 0 Å². The first kappa shape index (κ1) is 14.8. The number of nitrogens with two attached hydrogens (primary N) is 1. The summed E-state index contributed by atoms with van der Waals surface area (Å²) in [5.74, 6) is 0.531. The Hall–Kier alpha value is -2.14. The van der Waals surface area contributed by atoms with Crippen LogP contribution in [-0.2, 0) is 11.2 Å². The molecule has 1 saturated heterocycles. The van der Waals surface area contributed by atoms with Gasteiger partial charge >= 0.3 is 0 Å². The van der Waals surface area contributed by atoms with Gasteiger partial charge in [0.25, 0.3) is 0 Å². The van der Waals surface area contributed by atoms with E-state index in [1.165, 1.54) is 5.69 Å². The van der Waals surface area contributed by atoms with Gasteiger partial charge in [0.05, 0.1) is 6.04 Å². The van der Waals surface area contributed by atoms with Crippen LogP contribution in [0.15, 0.2) is 42.6 Å². The van der Waals surface area contributed by atoms with E-state index in [0.29, 0.717) is 12.3 Å². The molecule has 116 valence electrons. The van der Waals surface area contributed by atoms with E-state index >= 15 is 0 Å². The minimum Gasteiger partial charge on any atom is -0.341 e. The Kier molecular flexibility index (Phi) is 4.53. The summed E-state index contributed by atoms with van der Waals surface area (Å²) >= 11 is 0. The molecule has 5 nitrogen and oxygen atoms in total. The molecule has 1 amide bonds. The third kappa shape index (κ3) is 3.36. The van der Waals surface area contributed by atoms with Gasteiger partial charge in [-0.05, 0) is 30.9 Å². The number of aromatic amines is 1. The molecule has 2 aromatic rings. The molecule has 3 rings (SSSR count). The number of hydrogen-bond acceptors (Lipinski definition) is 3. The van der Waals surface area contributed by atoms with Crippen molar-refractivity contribution in [1.29, 1.82) is 0 Å². The smallest absolute Gasteiger partial charge is 0.239 e. The number of carbonyl (C=O) groups is 1. The second-order valence-corrected chi connectivity index (χ2v) is 5.91. The zero-order valence-corrected chi connectivity index (χ0v) is 12.6. The number of H-pyrrole nitrogens is 1. The molecule has 22 heavy (non-hydrogen) atoms. The Labute approximate surface area is 130 Å². The van der Waals surface area contributed by atoms with Crippen molar-refractivity contribution in [2.75, 3.05) is 13.1 Å². The lowest BCUT2D eigenvalue weighted by Gasteiger charge is -2.33. The van der Waals surface area contributed by atoms with Crippen molar-refractivity contribution in [2.24, 2.45) is 5.73 Å². The fraction of sp³-hybridized carbons (Fsp3) is 0.412. The van der Waals surface area contributed by atoms with Crippen molar-refractivity contribution in [3.05, 3.63) is 53.9 Å². The van der Waals surface area contributed by atoms with E-state index in [2.05, 4.69) is 10.2 Å². The summed E-state index contributed by atoms with van der Waals surface area (Å²) in [4.78, 5) is 14.4. The van der Waals surface area contributed by atoms with Crippen LogP contribution in [0.5, 0.6) is 0 Å². The Morgan fingerprint density at radius 1 is 1.27 bits per heavy atom. The molecule has 5 heteroatoms. The highest BCUT2D eigenvalue weighted by Gasteiger charge is 2.27. The largest absolute Gasteiger partial charge is 0.341 e. The zero-order valence-electron chi connectivity index (χ0n) is 12.6. The molecule has 0 saturated carbocycles. The van der Waals surface area contributed by atoms with E-state index in [0.717, 1.165) is 31.5 Å². The fourth-order valence-corrected chi connectivity index (χ4v) is 3.09. The summed E-state index contributed by atoms with van der Waals surface area (Å²) < 4.78 is 0. The van der Waals surface area contributed by atoms with E-state index in [4.69, 9.17) is 5.73 Å². The van der Waals surface area contributed by atoms with E-state index in [1.807, 2.05) is 41.3 Å². The van der Waals surface area contributed by atoms with Crippen molar-refractivity contribution >= 4 is 5.91 Å². The Balaban J connectivity index is 1.53. The summed E-state index contributed by atoms with van der Waals surface area (Å²) in [6.45, 7) is 1.54. The molecule has 1 unspecified atom stereocenters. The molecular weight excluding hydrogens is 276 g/mol. The first-order valence-electron chi connectivity index (χ1n) is 7.81. The molecule has 0 aliphatic carbocycles. The molecule has 2 heterocycles. The van der Waals surface area contributed by atoms with Crippen LogP contribution < -0.4 is 5.73 Å². The van der Waals surface area contributed by atoms with Crippen molar-refractivity contribution in [2.45, 2.75) is 31.2 Å². The lowest BCUT2D eigenvalue weighted by molar-refractivity contribution is -0.133.